The highest BCUT2D eigenvalue weighted by Crippen LogP contribution is 2.25. The van der Waals surface area contributed by atoms with Crippen molar-refractivity contribution in [3.05, 3.63) is 0 Å². The zero-order chi connectivity index (χ0) is 14.3. The second-order valence-corrected chi connectivity index (χ2v) is 5.53. The van der Waals surface area contributed by atoms with Crippen LogP contribution in [0.15, 0.2) is 0 Å². The Morgan fingerprint density at radius 2 is 1.47 bits per heavy atom. The first-order valence-electron chi connectivity index (χ1n) is 8.40. The molecular weight excluding hydrogens is 234 g/mol. The van der Waals surface area contributed by atoms with Crippen LogP contribution in [0.4, 0.5) is 0 Å². The Morgan fingerprint density at radius 3 is 1.89 bits per heavy atom. The summed E-state index contributed by atoms with van der Waals surface area (Å²) < 4.78 is 0. The lowest BCUT2D eigenvalue weighted by atomic mass is 9.81. The third kappa shape index (κ3) is 11.4. The van der Waals surface area contributed by atoms with Crippen LogP contribution in [0, 0.1) is 5.92 Å². The van der Waals surface area contributed by atoms with Crippen molar-refractivity contribution in [2.45, 2.75) is 65.8 Å². The van der Waals surface area contributed by atoms with Gasteiger partial charge in [0.15, 0.2) is 0 Å². The molecule has 1 rings (SSSR count). The quantitative estimate of drug-likeness (QED) is 0.535. The van der Waals surface area contributed by atoms with Gasteiger partial charge in [0.2, 0.25) is 0 Å². The molecule has 0 aromatic rings. The van der Waals surface area contributed by atoms with Gasteiger partial charge in [-0.25, -0.2) is 0 Å². The molecule has 3 nitrogen and oxygen atoms in total. The Labute approximate surface area is 121 Å². The molecule has 0 saturated heterocycles. The topological polar surface area (TPSA) is 36.1 Å². The summed E-state index contributed by atoms with van der Waals surface area (Å²) in [5.41, 5.74) is 0. The lowest BCUT2D eigenvalue weighted by molar-refractivity contribution is 0.230. The summed E-state index contributed by atoms with van der Waals surface area (Å²) >= 11 is 0. The highest BCUT2D eigenvalue weighted by atomic mass is 14.9. The lowest BCUT2D eigenvalue weighted by Gasteiger charge is -2.34. The maximum absolute atomic E-state index is 3.59. The van der Waals surface area contributed by atoms with E-state index < -0.39 is 0 Å². The van der Waals surface area contributed by atoms with Crippen molar-refractivity contribution in [1.82, 2.24) is 16.0 Å². The largest absolute Gasteiger partial charge is 0.317 e. The van der Waals surface area contributed by atoms with E-state index in [2.05, 4.69) is 43.6 Å². The zero-order valence-electron chi connectivity index (χ0n) is 13.7. The summed E-state index contributed by atoms with van der Waals surface area (Å²) in [6.07, 6.45) is 6.69. The van der Waals surface area contributed by atoms with E-state index in [-0.39, 0.29) is 0 Å². The van der Waals surface area contributed by atoms with E-state index in [9.17, 15) is 0 Å². The van der Waals surface area contributed by atoms with Crippen molar-refractivity contribution >= 4 is 0 Å². The van der Waals surface area contributed by atoms with Crippen LogP contribution in [0.3, 0.4) is 0 Å². The van der Waals surface area contributed by atoms with E-state index in [0.29, 0.717) is 0 Å². The standard InChI is InChI=1S/C10H22N2.C6H15N/c1-3-11-7-4-8-12-10-6-5-9(10)2;1-3-5-6-7-4-2/h9-12H,3-8H2,1-2H3;7H,3-6H2,1-2H3. The van der Waals surface area contributed by atoms with Crippen LogP contribution in [-0.4, -0.2) is 38.8 Å². The predicted octanol–water partition coefficient (Wildman–Crippen LogP) is 2.77. The van der Waals surface area contributed by atoms with E-state index in [4.69, 9.17) is 0 Å². The van der Waals surface area contributed by atoms with Crippen molar-refractivity contribution in [3.63, 3.8) is 0 Å². The van der Waals surface area contributed by atoms with Gasteiger partial charge in [0.05, 0.1) is 0 Å². The molecule has 1 aliphatic rings. The van der Waals surface area contributed by atoms with Crippen LogP contribution in [-0.2, 0) is 0 Å². The molecule has 0 aromatic carbocycles. The maximum atomic E-state index is 3.59. The molecular formula is C16H37N3. The second-order valence-electron chi connectivity index (χ2n) is 5.53. The fourth-order valence-electron chi connectivity index (χ4n) is 2.13. The van der Waals surface area contributed by atoms with Gasteiger partial charge in [-0.15, -0.1) is 0 Å². The average Bonchev–Trinajstić information content (AvgIpc) is 2.42. The maximum Gasteiger partial charge on any atom is 0.00928 e. The van der Waals surface area contributed by atoms with Crippen molar-refractivity contribution < 1.29 is 0 Å². The van der Waals surface area contributed by atoms with Gasteiger partial charge in [-0.2, -0.15) is 0 Å². The third-order valence-corrected chi connectivity index (χ3v) is 3.76. The zero-order valence-corrected chi connectivity index (χ0v) is 13.7. The molecule has 0 heterocycles. The van der Waals surface area contributed by atoms with Gasteiger partial charge in [-0.3, -0.25) is 0 Å². The summed E-state index contributed by atoms with van der Waals surface area (Å²) in [6, 6.07) is 0.826. The Bertz CT molecular complexity index is 169. The molecule has 1 saturated carbocycles. The fraction of sp³-hybridized carbons (Fsp3) is 1.00. The third-order valence-electron chi connectivity index (χ3n) is 3.76. The minimum Gasteiger partial charge on any atom is -0.317 e. The SMILES string of the molecule is CCCCNCC.CCNCCCNC1CCC1C. The van der Waals surface area contributed by atoms with Gasteiger partial charge in [-0.1, -0.05) is 34.1 Å². The van der Waals surface area contributed by atoms with Gasteiger partial charge in [-0.05, 0) is 64.3 Å². The molecule has 116 valence electrons. The summed E-state index contributed by atoms with van der Waals surface area (Å²) in [6.45, 7) is 14.6. The summed E-state index contributed by atoms with van der Waals surface area (Å²) in [7, 11) is 0. The first-order valence-corrected chi connectivity index (χ1v) is 8.40. The molecule has 1 aliphatic carbocycles. The van der Waals surface area contributed by atoms with E-state index in [1.807, 2.05) is 0 Å². The minimum absolute atomic E-state index is 0.826. The Morgan fingerprint density at radius 1 is 0.842 bits per heavy atom. The van der Waals surface area contributed by atoms with Gasteiger partial charge >= 0.3 is 0 Å². The van der Waals surface area contributed by atoms with Crippen molar-refractivity contribution in [1.29, 1.82) is 0 Å². The first-order chi connectivity index (χ1) is 9.26. The highest BCUT2D eigenvalue weighted by molar-refractivity contribution is 4.83. The van der Waals surface area contributed by atoms with Gasteiger partial charge in [0, 0.05) is 6.04 Å². The number of hydrogen-bond acceptors (Lipinski definition) is 3. The lowest BCUT2D eigenvalue weighted by Crippen LogP contribution is -2.43. The molecule has 2 atom stereocenters. The predicted molar refractivity (Wildman–Crippen MR) is 86.8 cm³/mol. The normalized spacial score (nSPS) is 21.5. The van der Waals surface area contributed by atoms with Gasteiger partial charge < -0.3 is 16.0 Å². The van der Waals surface area contributed by atoms with Crippen LogP contribution in [0.1, 0.15) is 59.8 Å². The minimum atomic E-state index is 0.826. The molecule has 3 heteroatoms. The van der Waals surface area contributed by atoms with Crippen LogP contribution in [0.25, 0.3) is 0 Å². The molecule has 0 spiro atoms. The van der Waals surface area contributed by atoms with Crippen molar-refractivity contribution in [2.75, 3.05) is 32.7 Å². The molecule has 0 aliphatic heterocycles. The van der Waals surface area contributed by atoms with E-state index in [1.165, 1.54) is 45.2 Å². The molecule has 0 bridgehead atoms. The number of hydrogen-bond donors (Lipinski definition) is 3. The Hall–Kier alpha value is -0.120. The van der Waals surface area contributed by atoms with Crippen molar-refractivity contribution in [2.24, 2.45) is 5.92 Å². The number of unbranched alkanes of at least 4 members (excludes halogenated alkanes) is 1. The summed E-state index contributed by atoms with van der Waals surface area (Å²) in [4.78, 5) is 0. The second kappa shape index (κ2) is 14.3. The molecule has 1 fully saturated rings. The summed E-state index contributed by atoms with van der Waals surface area (Å²) in [5.74, 6) is 0.920. The van der Waals surface area contributed by atoms with Crippen molar-refractivity contribution in [3.8, 4) is 0 Å². The van der Waals surface area contributed by atoms with Gasteiger partial charge in [0.25, 0.3) is 0 Å². The number of nitrogens with one attached hydrogen (secondary N) is 3. The fourth-order valence-corrected chi connectivity index (χ4v) is 2.13. The Kier molecular flexibility index (Phi) is 14.2. The van der Waals surface area contributed by atoms with E-state index in [1.54, 1.807) is 0 Å². The van der Waals surface area contributed by atoms with Crippen LogP contribution < -0.4 is 16.0 Å². The number of rotatable bonds is 10. The van der Waals surface area contributed by atoms with Crippen LogP contribution in [0.2, 0.25) is 0 Å². The average molecular weight is 271 g/mol. The molecule has 0 radical (unpaired) electrons. The molecule has 0 aromatic heterocycles. The molecule has 3 N–H and O–H groups in total. The smallest absolute Gasteiger partial charge is 0.00928 e. The monoisotopic (exact) mass is 271 g/mol. The first kappa shape index (κ1) is 18.9. The summed E-state index contributed by atoms with van der Waals surface area (Å²) in [5, 5.41) is 10.2. The van der Waals surface area contributed by atoms with Crippen LogP contribution in [0.5, 0.6) is 0 Å². The molecule has 0 amide bonds. The van der Waals surface area contributed by atoms with E-state index >= 15 is 0 Å². The highest BCUT2D eigenvalue weighted by Gasteiger charge is 2.25. The van der Waals surface area contributed by atoms with E-state index in [0.717, 1.165) is 31.6 Å². The molecule has 19 heavy (non-hydrogen) atoms. The Balaban J connectivity index is 0.000000399. The van der Waals surface area contributed by atoms with Crippen LogP contribution >= 0.6 is 0 Å². The molecule has 2 unspecified atom stereocenters. The van der Waals surface area contributed by atoms with Gasteiger partial charge in [0.1, 0.15) is 0 Å².